The van der Waals surface area contributed by atoms with Crippen LogP contribution in [0.2, 0.25) is 0 Å². The van der Waals surface area contributed by atoms with Crippen molar-refractivity contribution in [2.45, 2.75) is 32.1 Å². The van der Waals surface area contributed by atoms with E-state index in [9.17, 15) is 4.79 Å². The van der Waals surface area contributed by atoms with Crippen LogP contribution in [0.4, 0.5) is 4.79 Å². The van der Waals surface area contributed by atoms with Crippen LogP contribution in [0.1, 0.15) is 35.9 Å². The lowest BCUT2D eigenvalue weighted by atomic mass is 10.1. The molecule has 0 radical (unpaired) electrons. The molecule has 0 bridgehead atoms. The summed E-state index contributed by atoms with van der Waals surface area (Å²) in [6.07, 6.45) is 0.421. The van der Waals surface area contributed by atoms with Gasteiger partial charge < -0.3 is 19.5 Å². The predicted octanol–water partition coefficient (Wildman–Crippen LogP) is 3.33. The molecule has 2 atom stereocenters. The van der Waals surface area contributed by atoms with Gasteiger partial charge in [0.15, 0.2) is 5.82 Å². The molecule has 3 aromatic rings. The Bertz CT molecular complexity index is 930. The molecule has 1 aromatic heterocycles. The Morgan fingerprint density at radius 2 is 1.83 bits per heavy atom. The number of aromatic nitrogens is 2. The van der Waals surface area contributed by atoms with Crippen LogP contribution in [0.3, 0.4) is 0 Å². The lowest BCUT2D eigenvalue weighted by molar-refractivity contribution is -0.0657. The molecule has 0 spiro atoms. The zero-order valence-corrected chi connectivity index (χ0v) is 16.3. The number of hydrogen-bond donors (Lipinski definition) is 1. The highest BCUT2D eigenvalue weighted by molar-refractivity contribution is 5.74. The monoisotopic (exact) mass is 392 g/mol. The minimum Gasteiger partial charge on any atom is -0.367 e. The van der Waals surface area contributed by atoms with Gasteiger partial charge in [-0.05, 0) is 18.1 Å². The number of benzene rings is 2. The summed E-state index contributed by atoms with van der Waals surface area (Å²) in [5.41, 5.74) is 2.18. The Kier molecular flexibility index (Phi) is 5.86. The number of nitrogens with one attached hydrogen (secondary N) is 1. The normalized spacial score (nSPS) is 19.1. The van der Waals surface area contributed by atoms with E-state index in [2.05, 4.69) is 15.5 Å². The molecule has 7 heteroatoms. The van der Waals surface area contributed by atoms with Crippen LogP contribution in [0, 0.1) is 0 Å². The fourth-order valence-corrected chi connectivity index (χ4v) is 3.44. The quantitative estimate of drug-likeness (QED) is 0.720. The third-order valence-corrected chi connectivity index (χ3v) is 4.82. The number of morpholine rings is 1. The molecular weight excluding hydrogens is 368 g/mol. The van der Waals surface area contributed by atoms with Gasteiger partial charge in [-0.3, -0.25) is 0 Å². The number of carbonyl (C=O) groups excluding carboxylic acids is 1. The Labute approximate surface area is 169 Å². The van der Waals surface area contributed by atoms with Gasteiger partial charge in [0.1, 0.15) is 6.10 Å². The smallest absolute Gasteiger partial charge is 0.318 e. The lowest BCUT2D eigenvalue weighted by Gasteiger charge is -2.36. The van der Waals surface area contributed by atoms with Crippen molar-refractivity contribution in [2.75, 3.05) is 13.1 Å². The van der Waals surface area contributed by atoms with Crippen LogP contribution in [-0.4, -0.2) is 40.3 Å². The van der Waals surface area contributed by atoms with E-state index in [1.54, 1.807) is 4.90 Å². The van der Waals surface area contributed by atoms with E-state index >= 15 is 0 Å². The second kappa shape index (κ2) is 8.87. The molecular formula is C22H24N4O3. The summed E-state index contributed by atoms with van der Waals surface area (Å²) in [4.78, 5) is 18.8. The number of urea groups is 1. The minimum absolute atomic E-state index is 0.0411. The molecule has 7 nitrogen and oxygen atoms in total. The fraction of sp³-hybridized carbons (Fsp3) is 0.318. The van der Waals surface area contributed by atoms with Crippen LogP contribution in [0.5, 0.6) is 0 Å². The summed E-state index contributed by atoms with van der Waals surface area (Å²) in [6, 6.07) is 19.7. The molecule has 4 rings (SSSR count). The lowest BCUT2D eigenvalue weighted by Crippen LogP contribution is -2.49. The van der Waals surface area contributed by atoms with Crippen molar-refractivity contribution in [3.05, 3.63) is 83.5 Å². The number of nitrogens with zero attached hydrogens (tertiary/aromatic N) is 3. The standard InChI is InChI=1S/C22H24N4O3/c1-16-14-26(15-19(28-16)18-10-6-3-7-11-18)22(27)23-13-21-24-20(25-29-21)12-17-8-4-2-5-9-17/h2-11,16,19H,12-15H2,1H3,(H,23,27)/t16-,19-/m0/s1. The molecule has 1 N–H and O–H groups in total. The number of ether oxygens (including phenoxy) is 1. The average molecular weight is 392 g/mol. The molecule has 2 aromatic carbocycles. The molecule has 2 heterocycles. The van der Waals surface area contributed by atoms with Gasteiger partial charge in [0, 0.05) is 13.0 Å². The Morgan fingerprint density at radius 3 is 2.59 bits per heavy atom. The summed E-state index contributed by atoms with van der Waals surface area (Å²) in [5.74, 6) is 0.995. The van der Waals surface area contributed by atoms with Gasteiger partial charge in [-0.15, -0.1) is 0 Å². The average Bonchev–Trinajstić information content (AvgIpc) is 3.20. The molecule has 29 heavy (non-hydrogen) atoms. The molecule has 1 aliphatic rings. The number of carbonyl (C=O) groups is 1. The van der Waals surface area contributed by atoms with E-state index in [0.29, 0.717) is 31.2 Å². The van der Waals surface area contributed by atoms with E-state index < -0.39 is 0 Å². The van der Waals surface area contributed by atoms with Gasteiger partial charge in [0.2, 0.25) is 5.89 Å². The third kappa shape index (κ3) is 5.00. The van der Waals surface area contributed by atoms with Crippen LogP contribution >= 0.6 is 0 Å². The summed E-state index contributed by atoms with van der Waals surface area (Å²) in [5, 5.41) is 6.87. The molecule has 0 unspecified atom stereocenters. The highest BCUT2D eigenvalue weighted by Gasteiger charge is 2.29. The molecule has 0 aliphatic carbocycles. The molecule has 0 saturated carbocycles. The van der Waals surface area contributed by atoms with Crippen LogP contribution in [0.15, 0.2) is 65.2 Å². The van der Waals surface area contributed by atoms with E-state index in [-0.39, 0.29) is 24.8 Å². The first-order chi connectivity index (χ1) is 14.2. The first kappa shape index (κ1) is 19.1. The van der Waals surface area contributed by atoms with Gasteiger partial charge in [0.25, 0.3) is 0 Å². The van der Waals surface area contributed by atoms with Crippen molar-refractivity contribution in [2.24, 2.45) is 0 Å². The largest absolute Gasteiger partial charge is 0.367 e. The van der Waals surface area contributed by atoms with Crippen molar-refractivity contribution in [3.63, 3.8) is 0 Å². The van der Waals surface area contributed by atoms with Gasteiger partial charge in [-0.2, -0.15) is 4.98 Å². The van der Waals surface area contributed by atoms with E-state index in [1.165, 1.54) is 0 Å². The van der Waals surface area contributed by atoms with Crippen molar-refractivity contribution >= 4 is 6.03 Å². The summed E-state index contributed by atoms with van der Waals surface area (Å²) in [6.45, 7) is 3.22. The SMILES string of the molecule is C[C@H]1CN(C(=O)NCc2nc(Cc3ccccc3)no2)C[C@@H](c2ccccc2)O1. The molecule has 1 saturated heterocycles. The number of hydrogen-bond acceptors (Lipinski definition) is 5. The summed E-state index contributed by atoms with van der Waals surface area (Å²) < 4.78 is 11.3. The van der Waals surface area contributed by atoms with Crippen LogP contribution in [-0.2, 0) is 17.7 Å². The van der Waals surface area contributed by atoms with Gasteiger partial charge in [-0.1, -0.05) is 65.8 Å². The zero-order chi connectivity index (χ0) is 20.1. The third-order valence-electron chi connectivity index (χ3n) is 4.82. The highest BCUT2D eigenvalue weighted by atomic mass is 16.5. The maximum absolute atomic E-state index is 12.7. The maximum Gasteiger partial charge on any atom is 0.318 e. The Morgan fingerprint density at radius 1 is 1.10 bits per heavy atom. The van der Waals surface area contributed by atoms with Gasteiger partial charge in [0.05, 0.1) is 19.2 Å². The van der Waals surface area contributed by atoms with Crippen molar-refractivity contribution < 1.29 is 14.1 Å². The van der Waals surface area contributed by atoms with E-state index in [1.807, 2.05) is 67.6 Å². The summed E-state index contributed by atoms with van der Waals surface area (Å²) >= 11 is 0. The molecule has 2 amide bonds. The van der Waals surface area contributed by atoms with Crippen molar-refractivity contribution in [3.8, 4) is 0 Å². The van der Waals surface area contributed by atoms with Crippen molar-refractivity contribution in [1.82, 2.24) is 20.4 Å². The second-order valence-electron chi connectivity index (χ2n) is 7.18. The van der Waals surface area contributed by atoms with Gasteiger partial charge in [-0.25, -0.2) is 4.79 Å². The number of amides is 2. The first-order valence-corrected chi connectivity index (χ1v) is 9.76. The Hall–Kier alpha value is -3.19. The van der Waals surface area contributed by atoms with E-state index in [0.717, 1.165) is 11.1 Å². The van der Waals surface area contributed by atoms with Crippen molar-refractivity contribution in [1.29, 1.82) is 0 Å². The minimum atomic E-state index is -0.163. The molecule has 150 valence electrons. The predicted molar refractivity (Wildman–Crippen MR) is 107 cm³/mol. The van der Waals surface area contributed by atoms with Crippen LogP contribution in [0.25, 0.3) is 0 Å². The second-order valence-corrected chi connectivity index (χ2v) is 7.18. The zero-order valence-electron chi connectivity index (χ0n) is 16.3. The van der Waals surface area contributed by atoms with E-state index in [4.69, 9.17) is 9.26 Å². The first-order valence-electron chi connectivity index (χ1n) is 9.76. The molecule has 1 fully saturated rings. The highest BCUT2D eigenvalue weighted by Crippen LogP contribution is 2.25. The van der Waals surface area contributed by atoms with Crippen LogP contribution < -0.4 is 5.32 Å². The summed E-state index contributed by atoms with van der Waals surface area (Å²) in [7, 11) is 0. The number of rotatable bonds is 5. The fourth-order valence-electron chi connectivity index (χ4n) is 3.44. The maximum atomic E-state index is 12.7. The topological polar surface area (TPSA) is 80.5 Å². The Balaban J connectivity index is 1.32. The van der Waals surface area contributed by atoms with Gasteiger partial charge >= 0.3 is 6.03 Å². The molecule has 1 aliphatic heterocycles.